The summed E-state index contributed by atoms with van der Waals surface area (Å²) in [5, 5.41) is 7.88. The standard InChI is InChI=1S/C20H18F3N5O/c1-12-5-3-7-18(26-28-27-24-2)14(12)11-29-19-8-4-6-17(25-19)13-9-15(21)20(23)16(22)10-13/h3-10H,11H2,1-2H3,(H,24,28)(H,26,27). The lowest BCUT2D eigenvalue weighted by Crippen LogP contribution is -2.20. The molecule has 0 saturated heterocycles. The van der Waals surface area contributed by atoms with Crippen molar-refractivity contribution in [2.45, 2.75) is 13.5 Å². The summed E-state index contributed by atoms with van der Waals surface area (Å²) in [4.78, 5) is 4.25. The number of pyridine rings is 1. The first-order valence-corrected chi connectivity index (χ1v) is 8.65. The zero-order valence-electron chi connectivity index (χ0n) is 15.7. The average Bonchev–Trinajstić information content (AvgIpc) is 2.71. The van der Waals surface area contributed by atoms with Crippen molar-refractivity contribution in [3.8, 4) is 17.1 Å². The van der Waals surface area contributed by atoms with Crippen molar-refractivity contribution >= 4 is 5.69 Å². The topological polar surface area (TPSA) is 70.9 Å². The zero-order valence-corrected chi connectivity index (χ0v) is 15.7. The molecule has 0 unspecified atom stereocenters. The van der Waals surface area contributed by atoms with Crippen molar-refractivity contribution in [1.82, 2.24) is 15.9 Å². The van der Waals surface area contributed by atoms with Gasteiger partial charge in [-0.2, -0.15) is 0 Å². The highest BCUT2D eigenvalue weighted by Gasteiger charge is 2.13. The molecular formula is C20H18F3N5O. The molecule has 0 atom stereocenters. The summed E-state index contributed by atoms with van der Waals surface area (Å²) in [5.74, 6) is -3.83. The maximum absolute atomic E-state index is 13.5. The number of aromatic nitrogens is 1. The van der Waals surface area contributed by atoms with Crippen LogP contribution in [-0.2, 0) is 6.61 Å². The highest BCUT2D eigenvalue weighted by molar-refractivity contribution is 5.60. The molecule has 29 heavy (non-hydrogen) atoms. The third-order valence-electron chi connectivity index (χ3n) is 4.07. The number of aryl methyl sites for hydroxylation is 1. The van der Waals surface area contributed by atoms with Crippen molar-refractivity contribution in [3.05, 3.63) is 77.1 Å². The minimum atomic E-state index is -1.52. The summed E-state index contributed by atoms with van der Waals surface area (Å²) < 4.78 is 46.0. The second-order valence-electron chi connectivity index (χ2n) is 6.04. The van der Waals surface area contributed by atoms with Gasteiger partial charge in [0.1, 0.15) is 6.61 Å². The number of nitrogens with one attached hydrogen (secondary N) is 2. The van der Waals surface area contributed by atoms with Gasteiger partial charge in [-0.15, -0.1) is 5.11 Å². The Hall–Kier alpha value is -3.46. The predicted molar refractivity (Wildman–Crippen MR) is 102 cm³/mol. The molecule has 2 aromatic carbocycles. The largest absolute Gasteiger partial charge is 0.473 e. The maximum atomic E-state index is 13.5. The SMILES string of the molecule is CNNN=Nc1cccc(C)c1COc1cccc(-c2cc(F)c(F)c(F)c2)n1. The van der Waals surface area contributed by atoms with Crippen LogP contribution in [0.15, 0.2) is 58.9 Å². The first kappa shape index (κ1) is 20.3. The van der Waals surface area contributed by atoms with Crippen LogP contribution in [0.25, 0.3) is 11.3 Å². The van der Waals surface area contributed by atoms with E-state index in [4.69, 9.17) is 4.74 Å². The number of hydrazine groups is 1. The van der Waals surface area contributed by atoms with E-state index in [9.17, 15) is 13.2 Å². The Labute approximate surface area is 165 Å². The zero-order chi connectivity index (χ0) is 20.8. The molecule has 9 heteroatoms. The van der Waals surface area contributed by atoms with Gasteiger partial charge >= 0.3 is 0 Å². The van der Waals surface area contributed by atoms with E-state index in [-0.39, 0.29) is 23.7 Å². The first-order chi connectivity index (χ1) is 14.0. The van der Waals surface area contributed by atoms with E-state index in [0.29, 0.717) is 5.69 Å². The number of ether oxygens (including phenoxy) is 1. The van der Waals surface area contributed by atoms with E-state index in [1.807, 2.05) is 19.1 Å². The number of hydrogen-bond acceptors (Lipinski definition) is 5. The molecule has 6 nitrogen and oxygen atoms in total. The van der Waals surface area contributed by atoms with Gasteiger partial charge in [-0.05, 0) is 36.8 Å². The fourth-order valence-corrected chi connectivity index (χ4v) is 2.60. The normalized spacial score (nSPS) is 11.1. The van der Waals surface area contributed by atoms with Crippen LogP contribution in [0.5, 0.6) is 5.88 Å². The molecule has 0 radical (unpaired) electrons. The molecule has 3 rings (SSSR count). The van der Waals surface area contributed by atoms with Crippen molar-refractivity contribution < 1.29 is 17.9 Å². The molecule has 2 N–H and O–H groups in total. The second-order valence-corrected chi connectivity index (χ2v) is 6.04. The summed E-state index contributed by atoms with van der Waals surface area (Å²) in [6, 6.07) is 12.1. The Morgan fingerprint density at radius 3 is 2.48 bits per heavy atom. The van der Waals surface area contributed by atoms with E-state index in [1.165, 1.54) is 0 Å². The summed E-state index contributed by atoms with van der Waals surface area (Å²) in [6.07, 6.45) is 0. The Morgan fingerprint density at radius 1 is 1.03 bits per heavy atom. The summed E-state index contributed by atoms with van der Waals surface area (Å²) >= 11 is 0. The third-order valence-corrected chi connectivity index (χ3v) is 4.07. The Bertz CT molecular complexity index is 1020. The van der Waals surface area contributed by atoms with Crippen LogP contribution in [0, 0.1) is 24.4 Å². The van der Waals surface area contributed by atoms with Gasteiger partial charge in [-0.25, -0.2) is 29.1 Å². The molecule has 0 aliphatic heterocycles. The van der Waals surface area contributed by atoms with Gasteiger partial charge in [0, 0.05) is 24.2 Å². The Morgan fingerprint density at radius 2 is 1.76 bits per heavy atom. The molecule has 0 amide bonds. The lowest BCUT2D eigenvalue weighted by Gasteiger charge is -2.11. The van der Waals surface area contributed by atoms with E-state index in [0.717, 1.165) is 23.3 Å². The van der Waals surface area contributed by atoms with E-state index < -0.39 is 17.5 Å². The molecule has 0 spiro atoms. The average molecular weight is 401 g/mol. The van der Waals surface area contributed by atoms with Crippen LogP contribution < -0.4 is 15.7 Å². The maximum Gasteiger partial charge on any atom is 0.214 e. The molecular weight excluding hydrogens is 383 g/mol. The third kappa shape index (κ3) is 4.88. The molecule has 150 valence electrons. The fourth-order valence-electron chi connectivity index (χ4n) is 2.60. The molecule has 0 fully saturated rings. The Balaban J connectivity index is 1.82. The number of halogens is 3. The van der Waals surface area contributed by atoms with E-state index in [2.05, 4.69) is 26.3 Å². The van der Waals surface area contributed by atoms with Crippen molar-refractivity contribution in [1.29, 1.82) is 0 Å². The van der Waals surface area contributed by atoms with Gasteiger partial charge < -0.3 is 4.74 Å². The molecule has 0 aliphatic carbocycles. The molecule has 1 heterocycles. The van der Waals surface area contributed by atoms with Crippen LogP contribution in [0.2, 0.25) is 0 Å². The molecule has 0 bridgehead atoms. The molecule has 0 aliphatic rings. The fraction of sp³-hybridized carbons (Fsp3) is 0.150. The quantitative estimate of drug-likeness (QED) is 0.340. The van der Waals surface area contributed by atoms with Gasteiger partial charge in [-0.3, -0.25) is 0 Å². The van der Waals surface area contributed by atoms with Gasteiger partial charge in [0.2, 0.25) is 5.88 Å². The van der Waals surface area contributed by atoms with Crippen LogP contribution in [0.3, 0.4) is 0 Å². The van der Waals surface area contributed by atoms with Crippen molar-refractivity contribution in [3.63, 3.8) is 0 Å². The lowest BCUT2D eigenvalue weighted by atomic mass is 10.1. The van der Waals surface area contributed by atoms with Crippen LogP contribution in [0.1, 0.15) is 11.1 Å². The van der Waals surface area contributed by atoms with Crippen LogP contribution in [0.4, 0.5) is 18.9 Å². The van der Waals surface area contributed by atoms with Gasteiger partial charge in [0.25, 0.3) is 0 Å². The summed E-state index contributed by atoms with van der Waals surface area (Å²) in [5.41, 5.74) is 7.89. The predicted octanol–water partition coefficient (Wildman–Crippen LogP) is 4.78. The van der Waals surface area contributed by atoms with Crippen LogP contribution >= 0.6 is 0 Å². The highest BCUT2D eigenvalue weighted by atomic mass is 19.2. The second kappa shape index (κ2) is 9.16. The summed E-state index contributed by atoms with van der Waals surface area (Å²) in [7, 11) is 1.66. The number of rotatable bonds is 7. The summed E-state index contributed by atoms with van der Waals surface area (Å²) in [6.45, 7) is 2.07. The van der Waals surface area contributed by atoms with E-state index in [1.54, 1.807) is 31.3 Å². The smallest absolute Gasteiger partial charge is 0.214 e. The van der Waals surface area contributed by atoms with Gasteiger partial charge in [0.15, 0.2) is 17.5 Å². The molecule has 1 aromatic heterocycles. The Kier molecular flexibility index (Phi) is 6.40. The number of nitrogens with zero attached hydrogens (tertiary/aromatic N) is 3. The molecule has 0 saturated carbocycles. The van der Waals surface area contributed by atoms with Crippen molar-refractivity contribution in [2.24, 2.45) is 10.3 Å². The first-order valence-electron chi connectivity index (χ1n) is 8.65. The van der Waals surface area contributed by atoms with Crippen molar-refractivity contribution in [2.75, 3.05) is 7.05 Å². The van der Waals surface area contributed by atoms with Crippen LogP contribution in [-0.4, -0.2) is 12.0 Å². The van der Waals surface area contributed by atoms with Gasteiger partial charge in [-0.1, -0.05) is 23.4 Å². The van der Waals surface area contributed by atoms with Gasteiger partial charge in [0.05, 0.1) is 11.4 Å². The lowest BCUT2D eigenvalue weighted by molar-refractivity contribution is 0.294. The molecule has 3 aromatic rings. The van der Waals surface area contributed by atoms with E-state index >= 15 is 0 Å². The minimum absolute atomic E-state index is 0.107. The number of benzene rings is 2. The minimum Gasteiger partial charge on any atom is -0.473 e. The number of hydrogen-bond donors (Lipinski definition) is 2. The monoisotopic (exact) mass is 401 g/mol. The highest BCUT2D eigenvalue weighted by Crippen LogP contribution is 2.26.